The van der Waals surface area contributed by atoms with Gasteiger partial charge in [0.2, 0.25) is 25.4 Å². The number of piperazine rings is 2. The van der Waals surface area contributed by atoms with Gasteiger partial charge < -0.3 is 48.2 Å². The van der Waals surface area contributed by atoms with Crippen molar-refractivity contribution in [3.8, 4) is 23.0 Å². The molecule has 6 aliphatic rings. The van der Waals surface area contributed by atoms with Crippen molar-refractivity contribution in [2.75, 3.05) is 27.7 Å². The summed E-state index contributed by atoms with van der Waals surface area (Å²) in [6.07, 6.45) is 0.446. The second kappa shape index (κ2) is 11.9. The van der Waals surface area contributed by atoms with E-state index >= 15 is 0 Å². The van der Waals surface area contributed by atoms with Gasteiger partial charge in [-0.3, -0.25) is 19.2 Å². The molecule has 0 N–H and O–H groups in total. The number of hydrogen-bond donors (Lipinski definition) is 2. The summed E-state index contributed by atoms with van der Waals surface area (Å²) in [5.74, 6) is 1.48. The van der Waals surface area contributed by atoms with Crippen LogP contribution in [0.3, 0.4) is 0 Å². The second-order valence-corrected chi connectivity index (χ2v) is 16.2. The third-order valence-corrected chi connectivity index (χ3v) is 12.4. The van der Waals surface area contributed by atoms with Crippen molar-refractivity contribution in [1.29, 1.82) is 0 Å². The first-order valence-corrected chi connectivity index (χ1v) is 17.5. The van der Waals surface area contributed by atoms with Crippen LogP contribution in [0.5, 0.6) is 23.0 Å². The number of hydrogen-bond acceptors (Lipinski definition) is 10. The van der Waals surface area contributed by atoms with Gasteiger partial charge in [-0.2, -0.15) is 0 Å². The molecule has 2 aromatic rings. The molecular formula is C36H38N6O8S2. The standard InChI is InChI=1S/C18H19N3O4S2.C18H19N3O4/c1-16(19-3)8-18(27)15(23)20(4)17(2,26)14(22)21(18)13(16)10-5-6-11-12(7-10)25-9-24-11;1-10-16(22)21-12(17(23)20(10)4)8-18(2,19-3)15(21)11-5-6-13-14(7-11)25-9-24-13/h5-7,13,26-27H,8-9H2,1-2,4H3;5-7,10,12,15H,8-9H2,1-2,4H3/t13-,16-,17+,18-;10-,12-,15-,18-/m00/s1. The molecule has 0 bridgehead atoms. The van der Waals surface area contributed by atoms with E-state index in [0.29, 0.717) is 35.0 Å². The molecule has 272 valence electrons. The molecule has 0 aromatic heterocycles. The number of nitrogens with zero attached hydrogens (tertiary/aromatic N) is 6. The zero-order chi connectivity index (χ0) is 37.7. The average Bonchev–Trinajstić information content (AvgIpc) is 3.91. The maximum absolute atomic E-state index is 13.4. The van der Waals surface area contributed by atoms with E-state index in [2.05, 4.69) is 34.9 Å². The molecule has 0 spiro atoms. The summed E-state index contributed by atoms with van der Waals surface area (Å²) >= 11 is 9.09. The zero-order valence-electron chi connectivity index (χ0n) is 29.4. The average molecular weight is 747 g/mol. The number of rotatable bonds is 2. The molecule has 0 saturated carbocycles. The molecule has 8 atom stereocenters. The fourth-order valence-corrected chi connectivity index (χ4v) is 9.13. The lowest BCUT2D eigenvalue weighted by Crippen LogP contribution is -2.69. The van der Waals surface area contributed by atoms with Gasteiger partial charge in [-0.05, 0) is 49.2 Å². The van der Waals surface area contributed by atoms with Crippen molar-refractivity contribution in [3.63, 3.8) is 0 Å². The molecule has 0 unspecified atom stereocenters. The highest BCUT2D eigenvalue weighted by Gasteiger charge is 2.71. The molecule has 8 rings (SSSR count). The summed E-state index contributed by atoms with van der Waals surface area (Å²) in [5.41, 5.74) is -0.406. The molecule has 4 amide bonds. The lowest BCUT2D eigenvalue weighted by atomic mass is 9.87. The van der Waals surface area contributed by atoms with Crippen LogP contribution in [0.1, 0.15) is 63.7 Å². The van der Waals surface area contributed by atoms with E-state index in [9.17, 15) is 19.2 Å². The third-order valence-electron chi connectivity index (χ3n) is 11.3. The monoisotopic (exact) mass is 746 g/mol. The van der Waals surface area contributed by atoms with Crippen molar-refractivity contribution in [2.24, 2.45) is 0 Å². The quantitative estimate of drug-likeness (QED) is 0.352. The Morgan fingerprint density at radius 3 is 1.81 bits per heavy atom. The number of thiol groups is 2. The Kier molecular flexibility index (Phi) is 8.12. The molecule has 14 nitrogen and oxygen atoms in total. The molecule has 6 heterocycles. The first-order valence-electron chi connectivity index (χ1n) is 16.7. The van der Waals surface area contributed by atoms with Gasteiger partial charge >= 0.3 is 0 Å². The predicted octanol–water partition coefficient (Wildman–Crippen LogP) is 3.71. The molecule has 52 heavy (non-hydrogen) atoms. The lowest BCUT2D eigenvalue weighted by molar-refractivity contribution is -0.163. The van der Waals surface area contributed by atoms with Crippen LogP contribution in [-0.4, -0.2) is 104 Å². The van der Waals surface area contributed by atoms with Gasteiger partial charge in [0.05, 0.1) is 12.8 Å². The van der Waals surface area contributed by atoms with Gasteiger partial charge in [0.1, 0.15) is 24.2 Å². The topological polar surface area (TPSA) is 127 Å². The fraction of sp³-hybridized carbons (Fsp3) is 0.500. The van der Waals surface area contributed by atoms with E-state index in [1.54, 1.807) is 57.0 Å². The highest BCUT2D eigenvalue weighted by Crippen LogP contribution is 2.58. The highest BCUT2D eigenvalue weighted by molar-refractivity contribution is 7.83. The SMILES string of the molecule is [C-]#[N+][C@@]1(C)C[C@H]2C(=O)N(C)[C@@H](C)C(=O)N2[C@H]1c1ccc2c(c1)OCO2.[C-]#[N+][C@@]1(C)C[C@]2(S)C(=O)N(C)[C@](C)(S)C(=O)N2[C@H]1c1ccc2c(c1)OCO2. The minimum atomic E-state index is -1.41. The Morgan fingerprint density at radius 1 is 0.750 bits per heavy atom. The number of ether oxygens (including phenoxy) is 4. The van der Waals surface area contributed by atoms with Gasteiger partial charge in [0.15, 0.2) is 32.7 Å². The van der Waals surface area contributed by atoms with Gasteiger partial charge in [0.25, 0.3) is 22.9 Å². The molecular weight excluding hydrogens is 709 g/mol. The summed E-state index contributed by atoms with van der Waals surface area (Å²) in [6, 6.07) is 8.50. The normalized spacial score (nSPS) is 35.5. The Labute approximate surface area is 312 Å². The first-order chi connectivity index (χ1) is 24.4. The molecule has 2 aromatic carbocycles. The summed E-state index contributed by atoms with van der Waals surface area (Å²) in [5, 5.41) is 0. The number of likely N-dealkylation sites (N-methyl/N-ethyl adjacent to an activating group) is 2. The first kappa shape index (κ1) is 35.6. The summed E-state index contributed by atoms with van der Waals surface area (Å²) < 4.78 is 21.6. The van der Waals surface area contributed by atoms with Crippen LogP contribution in [0.25, 0.3) is 9.69 Å². The minimum Gasteiger partial charge on any atom is -0.454 e. The number of carbonyl (C=O) groups is 4. The Balaban J connectivity index is 0.000000162. The third kappa shape index (κ3) is 4.90. The summed E-state index contributed by atoms with van der Waals surface area (Å²) in [4.78, 5) is 62.9. The van der Waals surface area contributed by atoms with Crippen LogP contribution in [0, 0.1) is 13.1 Å². The van der Waals surface area contributed by atoms with Crippen molar-refractivity contribution < 1.29 is 38.1 Å². The maximum Gasteiger partial charge on any atom is 0.260 e. The van der Waals surface area contributed by atoms with E-state index in [0.717, 1.165) is 5.56 Å². The number of carbonyl (C=O) groups excluding carboxylic acids is 4. The van der Waals surface area contributed by atoms with Crippen LogP contribution in [0.15, 0.2) is 36.4 Å². The van der Waals surface area contributed by atoms with Crippen molar-refractivity contribution >= 4 is 48.9 Å². The maximum atomic E-state index is 13.4. The van der Waals surface area contributed by atoms with Gasteiger partial charge in [0, 0.05) is 27.9 Å². The van der Waals surface area contributed by atoms with E-state index < -0.39 is 45.0 Å². The summed E-state index contributed by atoms with van der Waals surface area (Å²) in [6.45, 7) is 22.7. The Hall–Kier alpha value is -4.80. The number of benzene rings is 2. The molecule has 0 radical (unpaired) electrons. The molecule has 16 heteroatoms. The molecule has 4 saturated heterocycles. The van der Waals surface area contributed by atoms with E-state index in [1.165, 1.54) is 21.7 Å². The Bertz CT molecular complexity index is 2020. The van der Waals surface area contributed by atoms with Crippen LogP contribution in [0.2, 0.25) is 0 Å². The van der Waals surface area contributed by atoms with Crippen molar-refractivity contribution in [2.45, 2.75) is 85.5 Å². The van der Waals surface area contributed by atoms with Gasteiger partial charge in [-0.1, -0.05) is 12.1 Å². The van der Waals surface area contributed by atoms with Crippen molar-refractivity contribution in [3.05, 3.63) is 70.4 Å². The van der Waals surface area contributed by atoms with Crippen LogP contribution in [-0.2, 0) is 19.2 Å². The predicted molar refractivity (Wildman–Crippen MR) is 191 cm³/mol. The van der Waals surface area contributed by atoms with E-state index in [1.807, 2.05) is 19.1 Å². The van der Waals surface area contributed by atoms with Gasteiger partial charge in [-0.25, -0.2) is 13.1 Å². The largest absolute Gasteiger partial charge is 0.454 e. The highest BCUT2D eigenvalue weighted by atomic mass is 32.1. The fourth-order valence-electron chi connectivity index (χ4n) is 8.25. The smallest absolute Gasteiger partial charge is 0.260 e. The van der Waals surface area contributed by atoms with Crippen molar-refractivity contribution in [1.82, 2.24) is 19.6 Å². The van der Waals surface area contributed by atoms with E-state index in [4.69, 9.17) is 32.1 Å². The number of fused-ring (bicyclic) bond motifs is 4. The van der Waals surface area contributed by atoms with Crippen LogP contribution < -0.4 is 18.9 Å². The molecule has 4 fully saturated rings. The van der Waals surface area contributed by atoms with Crippen LogP contribution >= 0.6 is 25.3 Å². The molecule has 0 aliphatic carbocycles. The lowest BCUT2D eigenvalue weighted by Gasteiger charge is -2.49. The zero-order valence-corrected chi connectivity index (χ0v) is 31.2. The summed E-state index contributed by atoms with van der Waals surface area (Å²) in [7, 11) is 3.18. The van der Waals surface area contributed by atoms with Gasteiger partial charge in [-0.15, -0.1) is 25.3 Å². The molecule has 6 aliphatic heterocycles. The second-order valence-electron chi connectivity index (χ2n) is 14.6. The minimum absolute atomic E-state index is 0.106. The Morgan fingerprint density at radius 2 is 1.27 bits per heavy atom. The van der Waals surface area contributed by atoms with Crippen LogP contribution in [0.4, 0.5) is 0 Å². The number of amides is 4. The van der Waals surface area contributed by atoms with E-state index in [-0.39, 0.29) is 43.6 Å².